The number of hydrogen-bond donors (Lipinski definition) is 4. The molecule has 0 aliphatic carbocycles. The molecule has 0 fully saturated rings. The largest absolute Gasteiger partial charge is 0.479 e. The number of aliphatic hydroxyl groups is 1. The number of carbonyl (C=O) groups is 2. The van der Waals surface area contributed by atoms with E-state index in [1.54, 1.807) is 0 Å². The van der Waals surface area contributed by atoms with Gasteiger partial charge in [0, 0.05) is 4.88 Å². The number of urea groups is 1. The zero-order valence-electron chi connectivity index (χ0n) is 8.34. The van der Waals surface area contributed by atoms with Crippen molar-refractivity contribution in [2.24, 2.45) is 0 Å². The van der Waals surface area contributed by atoms with E-state index in [0.717, 1.165) is 4.88 Å². The van der Waals surface area contributed by atoms with Gasteiger partial charge >= 0.3 is 12.0 Å². The van der Waals surface area contributed by atoms with E-state index < -0.39 is 18.1 Å². The van der Waals surface area contributed by atoms with Crippen LogP contribution in [0.5, 0.6) is 0 Å². The Labute approximate surface area is 95.9 Å². The van der Waals surface area contributed by atoms with Crippen molar-refractivity contribution in [2.45, 2.75) is 12.6 Å². The first-order valence-corrected chi connectivity index (χ1v) is 5.42. The summed E-state index contributed by atoms with van der Waals surface area (Å²) < 4.78 is 0. The highest BCUT2D eigenvalue weighted by molar-refractivity contribution is 7.09. The molecule has 2 amide bonds. The lowest BCUT2D eigenvalue weighted by Crippen LogP contribution is -2.41. The van der Waals surface area contributed by atoms with E-state index in [9.17, 15) is 9.59 Å². The van der Waals surface area contributed by atoms with Crippen LogP contribution in [-0.2, 0) is 11.3 Å². The Balaban J connectivity index is 2.19. The molecule has 1 atom stereocenters. The third-order valence-corrected chi connectivity index (χ3v) is 2.62. The second kappa shape index (κ2) is 6.09. The Morgan fingerprint density at radius 1 is 1.44 bits per heavy atom. The Morgan fingerprint density at radius 2 is 2.19 bits per heavy atom. The Morgan fingerprint density at radius 3 is 2.75 bits per heavy atom. The summed E-state index contributed by atoms with van der Waals surface area (Å²) in [6.45, 7) is 0.0677. The van der Waals surface area contributed by atoms with Gasteiger partial charge in [0.05, 0.1) is 13.1 Å². The quantitative estimate of drug-likeness (QED) is 0.585. The van der Waals surface area contributed by atoms with Gasteiger partial charge in [-0.3, -0.25) is 0 Å². The third kappa shape index (κ3) is 4.28. The van der Waals surface area contributed by atoms with E-state index >= 15 is 0 Å². The van der Waals surface area contributed by atoms with Gasteiger partial charge in [-0.25, -0.2) is 9.59 Å². The normalized spacial score (nSPS) is 11.8. The molecule has 7 heteroatoms. The van der Waals surface area contributed by atoms with Crippen molar-refractivity contribution < 1.29 is 19.8 Å². The summed E-state index contributed by atoms with van der Waals surface area (Å²) in [4.78, 5) is 22.4. The lowest BCUT2D eigenvalue weighted by molar-refractivity contribution is -0.146. The molecule has 1 heterocycles. The molecule has 0 aromatic carbocycles. The maximum Gasteiger partial charge on any atom is 0.334 e. The second-order valence-electron chi connectivity index (χ2n) is 3.00. The van der Waals surface area contributed by atoms with Crippen molar-refractivity contribution in [3.05, 3.63) is 22.4 Å². The van der Waals surface area contributed by atoms with Gasteiger partial charge in [-0.2, -0.15) is 0 Å². The first-order valence-electron chi connectivity index (χ1n) is 4.54. The molecular weight excluding hydrogens is 232 g/mol. The molecule has 16 heavy (non-hydrogen) atoms. The molecule has 1 rings (SSSR count). The van der Waals surface area contributed by atoms with Crippen molar-refractivity contribution in [3.63, 3.8) is 0 Å². The molecule has 1 unspecified atom stereocenters. The van der Waals surface area contributed by atoms with Crippen LogP contribution in [0.15, 0.2) is 17.5 Å². The fourth-order valence-corrected chi connectivity index (χ4v) is 1.56. The SMILES string of the molecule is O=C(NCc1cccs1)NCC(O)C(=O)O. The van der Waals surface area contributed by atoms with E-state index in [4.69, 9.17) is 10.2 Å². The number of hydrogen-bond acceptors (Lipinski definition) is 4. The fraction of sp³-hybridized carbons (Fsp3) is 0.333. The van der Waals surface area contributed by atoms with E-state index in [1.165, 1.54) is 11.3 Å². The van der Waals surface area contributed by atoms with Gasteiger partial charge in [-0.05, 0) is 11.4 Å². The summed E-state index contributed by atoms with van der Waals surface area (Å²) in [6.07, 6.45) is -1.58. The minimum absolute atomic E-state index is 0.314. The van der Waals surface area contributed by atoms with Crippen LogP contribution >= 0.6 is 11.3 Å². The monoisotopic (exact) mass is 244 g/mol. The maximum absolute atomic E-state index is 11.1. The van der Waals surface area contributed by atoms with E-state index in [0.29, 0.717) is 6.54 Å². The van der Waals surface area contributed by atoms with E-state index in [-0.39, 0.29) is 6.54 Å². The van der Waals surface area contributed by atoms with Gasteiger partial charge < -0.3 is 20.8 Å². The molecule has 1 aromatic heterocycles. The highest BCUT2D eigenvalue weighted by atomic mass is 32.1. The predicted molar refractivity (Wildman–Crippen MR) is 58.2 cm³/mol. The highest BCUT2D eigenvalue weighted by Crippen LogP contribution is 2.06. The molecule has 0 saturated carbocycles. The molecule has 1 aromatic rings. The van der Waals surface area contributed by atoms with Crippen molar-refractivity contribution in [3.8, 4) is 0 Å². The van der Waals surface area contributed by atoms with Gasteiger partial charge in [0.1, 0.15) is 0 Å². The summed E-state index contributed by atoms with van der Waals surface area (Å²) in [5.41, 5.74) is 0. The third-order valence-electron chi connectivity index (χ3n) is 1.74. The number of carboxylic acids is 1. The molecule has 0 aliphatic rings. The Kier molecular flexibility index (Phi) is 4.74. The lowest BCUT2D eigenvalue weighted by Gasteiger charge is -2.08. The number of aliphatic carboxylic acids is 1. The zero-order valence-corrected chi connectivity index (χ0v) is 9.16. The summed E-state index contributed by atoms with van der Waals surface area (Å²) in [5.74, 6) is -1.36. The van der Waals surface area contributed by atoms with Crippen LogP contribution in [0.25, 0.3) is 0 Å². The topological polar surface area (TPSA) is 98.7 Å². The predicted octanol–water partition coefficient (Wildman–Crippen LogP) is -0.00720. The lowest BCUT2D eigenvalue weighted by atomic mass is 10.4. The highest BCUT2D eigenvalue weighted by Gasteiger charge is 2.13. The summed E-state index contributed by atoms with van der Waals surface area (Å²) in [7, 11) is 0. The average Bonchev–Trinajstić information content (AvgIpc) is 2.75. The standard InChI is InChI=1S/C9H12N2O4S/c12-7(8(13)14)5-11-9(15)10-4-6-2-1-3-16-6/h1-3,7,12H,4-5H2,(H,13,14)(H2,10,11,15). The summed E-state index contributed by atoms with van der Waals surface area (Å²) in [6, 6.07) is 3.24. The Hall–Kier alpha value is -1.60. The molecule has 0 saturated heterocycles. The number of thiophene rings is 1. The zero-order chi connectivity index (χ0) is 12.0. The van der Waals surface area contributed by atoms with Crippen LogP contribution in [0, 0.1) is 0 Å². The molecular formula is C9H12N2O4S. The van der Waals surface area contributed by atoms with Gasteiger partial charge in [0.15, 0.2) is 6.10 Å². The van der Waals surface area contributed by atoms with Crippen molar-refractivity contribution in [1.82, 2.24) is 10.6 Å². The van der Waals surface area contributed by atoms with Gasteiger partial charge in [0.25, 0.3) is 0 Å². The first-order chi connectivity index (χ1) is 7.59. The second-order valence-corrected chi connectivity index (χ2v) is 4.03. The molecule has 0 bridgehead atoms. The van der Waals surface area contributed by atoms with Crippen molar-refractivity contribution in [2.75, 3.05) is 6.54 Å². The maximum atomic E-state index is 11.1. The Bertz CT molecular complexity index is 352. The van der Waals surface area contributed by atoms with Gasteiger partial charge in [-0.15, -0.1) is 11.3 Å². The van der Waals surface area contributed by atoms with Crippen LogP contribution in [0.4, 0.5) is 4.79 Å². The minimum Gasteiger partial charge on any atom is -0.479 e. The van der Waals surface area contributed by atoms with Crippen LogP contribution in [0.1, 0.15) is 4.88 Å². The number of aliphatic hydroxyl groups excluding tert-OH is 1. The number of amides is 2. The minimum atomic E-state index is -1.58. The molecule has 88 valence electrons. The van der Waals surface area contributed by atoms with Crippen LogP contribution in [-0.4, -0.2) is 34.9 Å². The molecule has 6 nitrogen and oxygen atoms in total. The van der Waals surface area contributed by atoms with E-state index in [1.807, 2.05) is 17.5 Å². The molecule has 0 aliphatic heterocycles. The first kappa shape index (κ1) is 12.5. The number of nitrogens with one attached hydrogen (secondary N) is 2. The molecule has 4 N–H and O–H groups in total. The van der Waals surface area contributed by atoms with Crippen molar-refractivity contribution in [1.29, 1.82) is 0 Å². The summed E-state index contributed by atoms with van der Waals surface area (Å²) >= 11 is 1.51. The fourth-order valence-electron chi connectivity index (χ4n) is 0.920. The van der Waals surface area contributed by atoms with Gasteiger partial charge in [0.2, 0.25) is 0 Å². The molecule has 0 spiro atoms. The smallest absolute Gasteiger partial charge is 0.334 e. The molecule has 0 radical (unpaired) electrons. The summed E-state index contributed by atoms with van der Waals surface area (Å²) in [5, 5.41) is 23.9. The van der Waals surface area contributed by atoms with Gasteiger partial charge in [-0.1, -0.05) is 6.07 Å². The van der Waals surface area contributed by atoms with E-state index in [2.05, 4.69) is 10.6 Å². The number of rotatable bonds is 5. The van der Waals surface area contributed by atoms with Crippen LogP contribution < -0.4 is 10.6 Å². The van der Waals surface area contributed by atoms with Crippen molar-refractivity contribution >= 4 is 23.3 Å². The van der Waals surface area contributed by atoms with Crippen LogP contribution in [0.2, 0.25) is 0 Å². The van der Waals surface area contributed by atoms with Crippen LogP contribution in [0.3, 0.4) is 0 Å². The average molecular weight is 244 g/mol. The number of carboxylic acid groups (broad SMARTS) is 1. The number of carbonyl (C=O) groups excluding carboxylic acids is 1.